The van der Waals surface area contributed by atoms with E-state index in [1.54, 1.807) is 6.07 Å². The molecule has 17 heavy (non-hydrogen) atoms. The summed E-state index contributed by atoms with van der Waals surface area (Å²) in [5, 5.41) is 3.44. The van der Waals surface area contributed by atoms with Crippen LogP contribution in [-0.2, 0) is 10.2 Å². The molecule has 2 aliphatic rings. The Morgan fingerprint density at radius 1 is 1.24 bits per heavy atom. The summed E-state index contributed by atoms with van der Waals surface area (Å²) in [4.78, 5) is 0. The molecule has 0 radical (unpaired) electrons. The summed E-state index contributed by atoms with van der Waals surface area (Å²) in [5.74, 6) is -1.56. The van der Waals surface area contributed by atoms with Crippen molar-refractivity contribution >= 4 is 0 Å². The summed E-state index contributed by atoms with van der Waals surface area (Å²) < 4.78 is 31.6. The third-order valence-electron chi connectivity index (χ3n) is 3.94. The maximum atomic E-state index is 13.3. The minimum atomic E-state index is -0.788. The standard InChI is InChI=1S/C13H15F2NO/c14-10-4-3-9(6-11(10)15)13(7-17-8-13)12-2-1-5-16-12/h3-4,6,12,16H,1-2,5,7-8H2. The van der Waals surface area contributed by atoms with Crippen molar-refractivity contribution in [2.75, 3.05) is 19.8 Å². The number of halogens is 2. The Labute approximate surface area is 99.0 Å². The minimum Gasteiger partial charge on any atom is -0.379 e. The lowest BCUT2D eigenvalue weighted by molar-refractivity contribution is -0.0762. The van der Waals surface area contributed by atoms with Crippen molar-refractivity contribution in [2.45, 2.75) is 24.3 Å². The first-order valence-corrected chi connectivity index (χ1v) is 5.99. The van der Waals surface area contributed by atoms with E-state index < -0.39 is 11.6 Å². The zero-order valence-corrected chi connectivity index (χ0v) is 9.51. The number of benzene rings is 1. The molecule has 2 saturated heterocycles. The van der Waals surface area contributed by atoms with E-state index >= 15 is 0 Å². The van der Waals surface area contributed by atoms with Gasteiger partial charge in [0.2, 0.25) is 0 Å². The molecule has 2 nitrogen and oxygen atoms in total. The van der Waals surface area contributed by atoms with Gasteiger partial charge in [-0.25, -0.2) is 8.78 Å². The highest BCUT2D eigenvalue weighted by molar-refractivity contribution is 5.32. The lowest BCUT2D eigenvalue weighted by atomic mass is 9.72. The van der Waals surface area contributed by atoms with Crippen LogP contribution >= 0.6 is 0 Å². The largest absolute Gasteiger partial charge is 0.379 e. The van der Waals surface area contributed by atoms with Crippen molar-refractivity contribution in [1.82, 2.24) is 5.32 Å². The van der Waals surface area contributed by atoms with E-state index in [1.807, 2.05) is 0 Å². The number of ether oxygens (including phenoxy) is 1. The van der Waals surface area contributed by atoms with Gasteiger partial charge in [0.1, 0.15) is 0 Å². The third-order valence-corrected chi connectivity index (χ3v) is 3.94. The van der Waals surface area contributed by atoms with Crippen molar-refractivity contribution in [1.29, 1.82) is 0 Å². The maximum absolute atomic E-state index is 13.3. The van der Waals surface area contributed by atoms with Crippen LogP contribution in [0, 0.1) is 11.6 Å². The molecule has 3 rings (SSSR count). The second-order valence-corrected chi connectivity index (χ2v) is 4.93. The lowest BCUT2D eigenvalue weighted by Gasteiger charge is -2.46. The van der Waals surface area contributed by atoms with E-state index in [2.05, 4.69) is 5.32 Å². The van der Waals surface area contributed by atoms with Crippen LogP contribution in [0.15, 0.2) is 18.2 Å². The smallest absolute Gasteiger partial charge is 0.159 e. The van der Waals surface area contributed by atoms with Gasteiger partial charge < -0.3 is 10.1 Å². The Bertz CT molecular complexity index is 425. The van der Waals surface area contributed by atoms with Gasteiger partial charge in [-0.3, -0.25) is 0 Å². The highest BCUT2D eigenvalue weighted by atomic mass is 19.2. The van der Waals surface area contributed by atoms with Crippen LogP contribution in [0.4, 0.5) is 8.78 Å². The topological polar surface area (TPSA) is 21.3 Å². The van der Waals surface area contributed by atoms with E-state index in [0.717, 1.165) is 24.9 Å². The van der Waals surface area contributed by atoms with Crippen LogP contribution in [0.25, 0.3) is 0 Å². The van der Waals surface area contributed by atoms with Gasteiger partial charge in [-0.05, 0) is 37.1 Å². The molecule has 1 unspecified atom stereocenters. The molecule has 2 heterocycles. The van der Waals surface area contributed by atoms with Crippen molar-refractivity contribution in [2.24, 2.45) is 0 Å². The van der Waals surface area contributed by atoms with Gasteiger partial charge in [-0.2, -0.15) is 0 Å². The molecule has 92 valence electrons. The summed E-state index contributed by atoms with van der Waals surface area (Å²) in [6, 6.07) is 4.53. The first kappa shape index (κ1) is 11.1. The summed E-state index contributed by atoms with van der Waals surface area (Å²) >= 11 is 0. The monoisotopic (exact) mass is 239 g/mol. The van der Waals surface area contributed by atoms with Crippen LogP contribution in [0.1, 0.15) is 18.4 Å². The first-order valence-electron chi connectivity index (χ1n) is 5.99. The number of hydrogen-bond acceptors (Lipinski definition) is 2. The molecule has 1 aromatic rings. The Morgan fingerprint density at radius 3 is 2.59 bits per heavy atom. The molecule has 0 bridgehead atoms. The second-order valence-electron chi connectivity index (χ2n) is 4.93. The lowest BCUT2D eigenvalue weighted by Crippen LogP contribution is -2.58. The Balaban J connectivity index is 1.96. The molecule has 0 spiro atoms. The highest BCUT2D eigenvalue weighted by Crippen LogP contribution is 2.39. The van der Waals surface area contributed by atoms with Gasteiger partial charge in [0.25, 0.3) is 0 Å². The van der Waals surface area contributed by atoms with Gasteiger partial charge in [0.05, 0.1) is 18.6 Å². The van der Waals surface area contributed by atoms with E-state index in [0.29, 0.717) is 19.3 Å². The van der Waals surface area contributed by atoms with Crippen LogP contribution < -0.4 is 5.32 Å². The molecule has 0 amide bonds. The normalized spacial score (nSPS) is 26.8. The average Bonchev–Trinajstić information content (AvgIpc) is 2.75. The first-order chi connectivity index (χ1) is 8.22. The molecule has 1 atom stereocenters. The highest BCUT2D eigenvalue weighted by Gasteiger charge is 2.48. The summed E-state index contributed by atoms with van der Waals surface area (Å²) in [6.07, 6.45) is 2.21. The minimum absolute atomic E-state index is 0.162. The quantitative estimate of drug-likeness (QED) is 0.852. The fourth-order valence-electron chi connectivity index (χ4n) is 2.85. The molecule has 2 fully saturated rings. The average molecular weight is 239 g/mol. The molecular formula is C13H15F2NO. The Kier molecular flexibility index (Phi) is 2.64. The molecular weight excluding hydrogens is 224 g/mol. The van der Waals surface area contributed by atoms with Crippen LogP contribution in [0.3, 0.4) is 0 Å². The molecule has 1 N–H and O–H groups in total. The zero-order valence-electron chi connectivity index (χ0n) is 9.51. The Morgan fingerprint density at radius 2 is 2.06 bits per heavy atom. The molecule has 0 saturated carbocycles. The van der Waals surface area contributed by atoms with Crippen LogP contribution in [0.5, 0.6) is 0 Å². The second kappa shape index (κ2) is 4.03. The van der Waals surface area contributed by atoms with Gasteiger partial charge >= 0.3 is 0 Å². The van der Waals surface area contributed by atoms with E-state index in [1.165, 1.54) is 12.1 Å². The number of hydrogen-bond donors (Lipinski definition) is 1. The third kappa shape index (κ3) is 1.67. The van der Waals surface area contributed by atoms with E-state index in [-0.39, 0.29) is 5.41 Å². The molecule has 2 aliphatic heterocycles. The SMILES string of the molecule is Fc1ccc(C2(C3CCCN3)COC2)cc1F. The fraction of sp³-hybridized carbons (Fsp3) is 0.538. The number of rotatable bonds is 2. The fourth-order valence-corrected chi connectivity index (χ4v) is 2.85. The molecule has 1 aromatic carbocycles. The van der Waals surface area contributed by atoms with Crippen molar-refractivity contribution in [3.63, 3.8) is 0 Å². The van der Waals surface area contributed by atoms with Crippen molar-refractivity contribution in [3.8, 4) is 0 Å². The molecule has 0 aromatic heterocycles. The zero-order chi connectivity index (χ0) is 11.9. The summed E-state index contributed by atoms with van der Waals surface area (Å²) in [6.45, 7) is 2.18. The Hall–Kier alpha value is -1.00. The van der Waals surface area contributed by atoms with E-state index in [4.69, 9.17) is 4.74 Å². The maximum Gasteiger partial charge on any atom is 0.159 e. The summed E-state index contributed by atoms with van der Waals surface area (Å²) in [7, 11) is 0. The summed E-state index contributed by atoms with van der Waals surface area (Å²) in [5.41, 5.74) is 0.687. The van der Waals surface area contributed by atoms with E-state index in [9.17, 15) is 8.78 Å². The van der Waals surface area contributed by atoms with Gasteiger partial charge in [0.15, 0.2) is 11.6 Å². The van der Waals surface area contributed by atoms with Crippen LogP contribution in [-0.4, -0.2) is 25.8 Å². The van der Waals surface area contributed by atoms with Crippen molar-refractivity contribution < 1.29 is 13.5 Å². The van der Waals surface area contributed by atoms with Gasteiger partial charge in [0, 0.05) is 6.04 Å². The predicted molar refractivity (Wildman–Crippen MR) is 59.9 cm³/mol. The van der Waals surface area contributed by atoms with Gasteiger partial charge in [-0.1, -0.05) is 6.07 Å². The van der Waals surface area contributed by atoms with Crippen molar-refractivity contribution in [3.05, 3.63) is 35.4 Å². The van der Waals surface area contributed by atoms with Crippen LogP contribution in [0.2, 0.25) is 0 Å². The molecule has 4 heteroatoms. The number of nitrogens with one attached hydrogen (secondary N) is 1. The molecule has 0 aliphatic carbocycles. The van der Waals surface area contributed by atoms with Gasteiger partial charge in [-0.15, -0.1) is 0 Å². The predicted octanol–water partition coefficient (Wildman–Crippen LogP) is 1.98.